The molecule has 3 aromatic rings. The molecule has 1 aliphatic rings. The molecule has 0 saturated carbocycles. The lowest BCUT2D eigenvalue weighted by Crippen LogP contribution is -2.30. The van der Waals surface area contributed by atoms with Crippen LogP contribution in [-0.4, -0.2) is 12.5 Å². The largest absolute Gasteiger partial charge is 0.494 e. The number of nitrogens with zero attached hydrogens (tertiary/aromatic N) is 1. The van der Waals surface area contributed by atoms with Crippen molar-refractivity contribution in [2.75, 3.05) is 16.8 Å². The van der Waals surface area contributed by atoms with Crippen LogP contribution < -0.4 is 15.0 Å². The van der Waals surface area contributed by atoms with Crippen LogP contribution in [0.3, 0.4) is 0 Å². The SMILES string of the molecule is CCCCOc1ccc(C2C=C(Nc3ccc(C)cc3)C(=O)N2c2ccc(C)cc2)cc1. The Morgan fingerprint density at radius 1 is 0.875 bits per heavy atom. The van der Waals surface area contributed by atoms with E-state index in [1.54, 1.807) is 0 Å². The van der Waals surface area contributed by atoms with E-state index >= 15 is 0 Å². The van der Waals surface area contributed by atoms with Gasteiger partial charge in [-0.1, -0.05) is 60.9 Å². The van der Waals surface area contributed by atoms with Gasteiger partial charge in [0.15, 0.2) is 0 Å². The molecule has 4 heteroatoms. The first-order valence-corrected chi connectivity index (χ1v) is 11.2. The lowest BCUT2D eigenvalue weighted by atomic mass is 10.1. The Balaban J connectivity index is 1.63. The molecule has 1 heterocycles. The molecule has 0 saturated heterocycles. The summed E-state index contributed by atoms with van der Waals surface area (Å²) in [4.78, 5) is 15.3. The highest BCUT2D eigenvalue weighted by Gasteiger charge is 2.34. The molecule has 0 fully saturated rings. The summed E-state index contributed by atoms with van der Waals surface area (Å²) >= 11 is 0. The lowest BCUT2D eigenvalue weighted by molar-refractivity contribution is -0.114. The maximum absolute atomic E-state index is 13.5. The highest BCUT2D eigenvalue weighted by Crippen LogP contribution is 2.36. The second-order valence-electron chi connectivity index (χ2n) is 8.30. The number of ether oxygens (including phenoxy) is 1. The summed E-state index contributed by atoms with van der Waals surface area (Å²) in [6.45, 7) is 6.97. The van der Waals surface area contributed by atoms with Crippen LogP contribution in [0.5, 0.6) is 5.75 Å². The van der Waals surface area contributed by atoms with E-state index < -0.39 is 0 Å². The molecule has 1 N–H and O–H groups in total. The number of rotatable bonds is 8. The molecule has 4 rings (SSSR count). The summed E-state index contributed by atoms with van der Waals surface area (Å²) in [6, 6.07) is 24.0. The average Bonchev–Trinajstić information content (AvgIpc) is 3.12. The van der Waals surface area contributed by atoms with E-state index in [1.165, 1.54) is 5.56 Å². The number of carbonyl (C=O) groups is 1. The molecule has 164 valence electrons. The molecule has 0 spiro atoms. The minimum atomic E-state index is -0.192. The molecule has 0 aromatic heterocycles. The molecule has 1 amide bonds. The number of aryl methyl sites for hydroxylation is 2. The number of nitrogens with one attached hydrogen (secondary N) is 1. The van der Waals surface area contributed by atoms with Gasteiger partial charge in [0, 0.05) is 11.4 Å². The Bertz CT molecular complexity index is 1080. The highest BCUT2D eigenvalue weighted by atomic mass is 16.5. The quantitative estimate of drug-likeness (QED) is 0.414. The first kappa shape index (κ1) is 21.7. The first-order chi connectivity index (χ1) is 15.5. The fourth-order valence-corrected chi connectivity index (χ4v) is 3.77. The second kappa shape index (κ2) is 9.73. The fourth-order valence-electron chi connectivity index (χ4n) is 3.77. The number of unbranched alkanes of at least 4 members (excludes halogenated alkanes) is 1. The van der Waals surface area contributed by atoms with Crippen LogP contribution in [0, 0.1) is 13.8 Å². The first-order valence-electron chi connectivity index (χ1n) is 11.2. The van der Waals surface area contributed by atoms with Gasteiger partial charge in [0.25, 0.3) is 5.91 Å². The Morgan fingerprint density at radius 2 is 1.50 bits per heavy atom. The zero-order chi connectivity index (χ0) is 22.5. The number of carbonyl (C=O) groups excluding carboxylic acids is 1. The van der Waals surface area contributed by atoms with Crippen molar-refractivity contribution >= 4 is 17.3 Å². The predicted molar refractivity (Wildman–Crippen MR) is 131 cm³/mol. The van der Waals surface area contributed by atoms with Crippen LogP contribution in [0.2, 0.25) is 0 Å². The molecular weight excluding hydrogens is 396 g/mol. The van der Waals surface area contributed by atoms with E-state index in [4.69, 9.17) is 4.74 Å². The normalized spacial score (nSPS) is 15.6. The summed E-state index contributed by atoms with van der Waals surface area (Å²) < 4.78 is 5.81. The average molecular weight is 427 g/mol. The number of anilines is 2. The van der Waals surface area contributed by atoms with Crippen molar-refractivity contribution in [2.24, 2.45) is 0 Å². The molecule has 1 atom stereocenters. The van der Waals surface area contributed by atoms with Crippen molar-refractivity contribution in [3.05, 3.63) is 101 Å². The van der Waals surface area contributed by atoms with Gasteiger partial charge in [0.05, 0.1) is 12.6 Å². The zero-order valence-corrected chi connectivity index (χ0v) is 19.0. The van der Waals surface area contributed by atoms with E-state index in [1.807, 2.05) is 90.7 Å². The van der Waals surface area contributed by atoms with Crippen LogP contribution >= 0.6 is 0 Å². The third-order valence-electron chi connectivity index (χ3n) is 5.68. The summed E-state index contributed by atoms with van der Waals surface area (Å²) in [5.41, 5.74) is 5.76. The van der Waals surface area contributed by atoms with Gasteiger partial charge in [-0.05, 0) is 68.3 Å². The van der Waals surface area contributed by atoms with Crippen molar-refractivity contribution in [1.82, 2.24) is 0 Å². The number of benzene rings is 3. The molecule has 0 bridgehead atoms. The molecule has 0 aliphatic carbocycles. The Hall–Kier alpha value is -3.53. The smallest absolute Gasteiger partial charge is 0.275 e. The third kappa shape index (κ3) is 4.86. The van der Waals surface area contributed by atoms with Gasteiger partial charge in [-0.2, -0.15) is 0 Å². The van der Waals surface area contributed by atoms with Crippen LogP contribution in [0.15, 0.2) is 84.6 Å². The second-order valence-corrected chi connectivity index (χ2v) is 8.30. The standard InChI is InChI=1S/C28H30N2O2/c1-4-5-18-32-25-16-10-22(11-17-25)27-19-26(29-23-12-6-20(2)7-13-23)28(31)30(27)24-14-8-21(3)9-15-24/h6-17,19,27,29H,4-5,18H2,1-3H3. The van der Waals surface area contributed by atoms with E-state index in [-0.39, 0.29) is 11.9 Å². The summed E-state index contributed by atoms with van der Waals surface area (Å²) in [5.74, 6) is 0.818. The monoisotopic (exact) mass is 426 g/mol. The Labute approximate surface area is 190 Å². The lowest BCUT2D eigenvalue weighted by Gasteiger charge is -2.25. The molecule has 0 radical (unpaired) electrons. The van der Waals surface area contributed by atoms with Crippen molar-refractivity contribution in [1.29, 1.82) is 0 Å². The summed E-state index contributed by atoms with van der Waals surface area (Å²) in [6.07, 6.45) is 4.15. The molecule has 4 nitrogen and oxygen atoms in total. The molecule has 32 heavy (non-hydrogen) atoms. The van der Waals surface area contributed by atoms with Gasteiger partial charge in [0.1, 0.15) is 11.4 Å². The van der Waals surface area contributed by atoms with E-state index in [9.17, 15) is 4.79 Å². The number of hydrogen-bond acceptors (Lipinski definition) is 3. The maximum Gasteiger partial charge on any atom is 0.275 e. The maximum atomic E-state index is 13.5. The van der Waals surface area contributed by atoms with Gasteiger partial charge in [-0.15, -0.1) is 0 Å². The van der Waals surface area contributed by atoms with Gasteiger partial charge < -0.3 is 10.1 Å². The van der Waals surface area contributed by atoms with Crippen LogP contribution in [0.4, 0.5) is 11.4 Å². The third-order valence-corrected chi connectivity index (χ3v) is 5.68. The highest BCUT2D eigenvalue weighted by molar-refractivity contribution is 6.11. The van der Waals surface area contributed by atoms with Crippen molar-refractivity contribution < 1.29 is 9.53 Å². The van der Waals surface area contributed by atoms with Crippen molar-refractivity contribution in [2.45, 2.75) is 39.7 Å². The van der Waals surface area contributed by atoms with Crippen molar-refractivity contribution in [3.8, 4) is 5.75 Å². The number of hydrogen-bond donors (Lipinski definition) is 1. The molecule has 1 aliphatic heterocycles. The van der Waals surface area contributed by atoms with E-state index in [2.05, 4.69) is 19.2 Å². The van der Waals surface area contributed by atoms with Crippen molar-refractivity contribution in [3.63, 3.8) is 0 Å². The number of amides is 1. The van der Waals surface area contributed by atoms with Gasteiger partial charge >= 0.3 is 0 Å². The predicted octanol–water partition coefficient (Wildman–Crippen LogP) is 6.57. The minimum absolute atomic E-state index is 0.0392. The van der Waals surface area contributed by atoms with Crippen LogP contribution in [-0.2, 0) is 4.79 Å². The van der Waals surface area contributed by atoms with E-state index in [0.29, 0.717) is 5.70 Å². The fraction of sp³-hybridized carbons (Fsp3) is 0.250. The topological polar surface area (TPSA) is 41.6 Å². The summed E-state index contributed by atoms with van der Waals surface area (Å²) in [7, 11) is 0. The molecule has 3 aromatic carbocycles. The van der Waals surface area contributed by atoms with Gasteiger partial charge in [-0.3, -0.25) is 9.69 Å². The Morgan fingerprint density at radius 3 is 2.12 bits per heavy atom. The van der Waals surface area contributed by atoms with E-state index in [0.717, 1.165) is 47.7 Å². The molecular formula is C28H30N2O2. The summed E-state index contributed by atoms with van der Waals surface area (Å²) in [5, 5.41) is 3.32. The van der Waals surface area contributed by atoms with Crippen LogP contribution in [0.25, 0.3) is 0 Å². The minimum Gasteiger partial charge on any atom is -0.494 e. The van der Waals surface area contributed by atoms with Gasteiger partial charge in [-0.25, -0.2) is 0 Å². The zero-order valence-electron chi connectivity index (χ0n) is 19.0. The Kier molecular flexibility index (Phi) is 6.60. The van der Waals surface area contributed by atoms with Gasteiger partial charge in [0.2, 0.25) is 0 Å². The molecule has 1 unspecified atom stereocenters. The van der Waals surface area contributed by atoms with Crippen LogP contribution in [0.1, 0.15) is 42.5 Å².